The molecule has 15 heavy (non-hydrogen) atoms. The Morgan fingerprint density at radius 2 is 2.20 bits per heavy atom. The molecular weight excluding hydrogens is 212 g/mol. The quantitative estimate of drug-likeness (QED) is 0.772. The molecule has 0 saturated carbocycles. The van der Waals surface area contributed by atoms with Gasteiger partial charge in [-0.1, -0.05) is 0 Å². The van der Waals surface area contributed by atoms with Crippen LogP contribution >= 0.6 is 11.3 Å². The molecule has 76 valence electrons. The van der Waals surface area contributed by atoms with Gasteiger partial charge in [-0.05, 0) is 18.4 Å². The highest BCUT2D eigenvalue weighted by atomic mass is 32.1. The number of rotatable bonds is 1. The Kier molecular flexibility index (Phi) is 2.29. The Balaban J connectivity index is 2.67. The van der Waals surface area contributed by atoms with Crippen molar-refractivity contribution in [2.45, 2.75) is 19.3 Å². The van der Waals surface area contributed by atoms with E-state index in [9.17, 15) is 9.59 Å². The standard InChI is InChI=1S/C10H8N2O2S/c11-4-6-5-2-1-3-7(13)8(5)15-9(6)10(12)14/h1-3H2,(H2,12,14). The predicted molar refractivity (Wildman–Crippen MR) is 54.8 cm³/mol. The van der Waals surface area contributed by atoms with Crippen LogP contribution in [0.15, 0.2) is 0 Å². The molecule has 2 rings (SSSR count). The van der Waals surface area contributed by atoms with E-state index in [2.05, 4.69) is 0 Å². The summed E-state index contributed by atoms with van der Waals surface area (Å²) in [5.41, 5.74) is 6.17. The normalized spacial score (nSPS) is 14.5. The third-order valence-electron chi connectivity index (χ3n) is 2.43. The molecule has 0 spiro atoms. The summed E-state index contributed by atoms with van der Waals surface area (Å²) in [5.74, 6) is -0.607. The van der Waals surface area contributed by atoms with Crippen molar-refractivity contribution in [1.82, 2.24) is 0 Å². The van der Waals surface area contributed by atoms with E-state index < -0.39 is 5.91 Å². The van der Waals surface area contributed by atoms with Crippen LogP contribution in [-0.2, 0) is 6.42 Å². The third kappa shape index (κ3) is 1.43. The SMILES string of the molecule is N#Cc1c(C(N)=O)sc2c1CCCC2=O. The van der Waals surface area contributed by atoms with E-state index in [0.29, 0.717) is 28.8 Å². The summed E-state index contributed by atoms with van der Waals surface area (Å²) in [5, 5.41) is 8.94. The average molecular weight is 220 g/mol. The minimum Gasteiger partial charge on any atom is -0.365 e. The molecule has 0 unspecified atom stereocenters. The van der Waals surface area contributed by atoms with Gasteiger partial charge in [-0.2, -0.15) is 5.26 Å². The molecule has 0 aromatic carbocycles. The lowest BCUT2D eigenvalue weighted by Gasteiger charge is -2.08. The van der Waals surface area contributed by atoms with Gasteiger partial charge >= 0.3 is 0 Å². The zero-order valence-electron chi connectivity index (χ0n) is 7.87. The number of hydrogen-bond donors (Lipinski definition) is 1. The molecule has 4 nitrogen and oxygen atoms in total. The van der Waals surface area contributed by atoms with Crippen LogP contribution in [0.4, 0.5) is 0 Å². The first-order chi connectivity index (χ1) is 7.15. The Morgan fingerprint density at radius 1 is 1.47 bits per heavy atom. The first kappa shape index (κ1) is 9.87. The topological polar surface area (TPSA) is 83.9 Å². The van der Waals surface area contributed by atoms with Crippen LogP contribution in [0.5, 0.6) is 0 Å². The highest BCUT2D eigenvalue weighted by Gasteiger charge is 2.27. The minimum absolute atomic E-state index is 0.0188. The van der Waals surface area contributed by atoms with E-state index in [1.165, 1.54) is 0 Å². The van der Waals surface area contributed by atoms with Crippen LogP contribution in [0, 0.1) is 11.3 Å². The van der Waals surface area contributed by atoms with Gasteiger partial charge < -0.3 is 5.73 Å². The van der Waals surface area contributed by atoms with Gasteiger partial charge in [-0.25, -0.2) is 0 Å². The number of thiophene rings is 1. The fraction of sp³-hybridized carbons (Fsp3) is 0.300. The smallest absolute Gasteiger partial charge is 0.260 e. The molecule has 2 N–H and O–H groups in total. The fourth-order valence-corrected chi connectivity index (χ4v) is 2.88. The highest BCUT2D eigenvalue weighted by Crippen LogP contribution is 2.33. The molecular formula is C10H8N2O2S. The zero-order valence-corrected chi connectivity index (χ0v) is 8.69. The monoisotopic (exact) mass is 220 g/mol. The van der Waals surface area contributed by atoms with Crippen molar-refractivity contribution in [3.8, 4) is 6.07 Å². The van der Waals surface area contributed by atoms with Crippen LogP contribution in [-0.4, -0.2) is 11.7 Å². The van der Waals surface area contributed by atoms with Gasteiger partial charge in [0.15, 0.2) is 5.78 Å². The zero-order chi connectivity index (χ0) is 11.0. The van der Waals surface area contributed by atoms with E-state index in [-0.39, 0.29) is 10.7 Å². The lowest BCUT2D eigenvalue weighted by Crippen LogP contribution is -2.11. The second-order valence-electron chi connectivity index (χ2n) is 3.37. The van der Waals surface area contributed by atoms with Crippen LogP contribution in [0.3, 0.4) is 0 Å². The summed E-state index contributed by atoms with van der Waals surface area (Å²) in [6.07, 6.45) is 1.93. The van der Waals surface area contributed by atoms with E-state index in [4.69, 9.17) is 11.0 Å². The van der Waals surface area contributed by atoms with E-state index in [0.717, 1.165) is 17.8 Å². The summed E-state index contributed by atoms with van der Waals surface area (Å²) in [4.78, 5) is 23.4. The number of ketones is 1. The van der Waals surface area contributed by atoms with Crippen molar-refractivity contribution in [1.29, 1.82) is 5.26 Å². The van der Waals surface area contributed by atoms with Gasteiger partial charge in [0, 0.05) is 6.42 Å². The van der Waals surface area contributed by atoms with Gasteiger partial charge in [0.1, 0.15) is 10.9 Å². The molecule has 0 aliphatic heterocycles. The van der Waals surface area contributed by atoms with Gasteiger partial charge in [0.25, 0.3) is 5.91 Å². The molecule has 0 radical (unpaired) electrons. The van der Waals surface area contributed by atoms with Gasteiger partial charge in [-0.15, -0.1) is 11.3 Å². The highest BCUT2D eigenvalue weighted by molar-refractivity contribution is 7.16. The van der Waals surface area contributed by atoms with Crippen LogP contribution in [0.2, 0.25) is 0 Å². The van der Waals surface area contributed by atoms with Crippen molar-refractivity contribution in [2.75, 3.05) is 0 Å². The number of primary amides is 1. The van der Waals surface area contributed by atoms with Crippen molar-refractivity contribution in [3.05, 3.63) is 20.9 Å². The van der Waals surface area contributed by atoms with E-state index in [1.54, 1.807) is 0 Å². The van der Waals surface area contributed by atoms with E-state index in [1.807, 2.05) is 6.07 Å². The average Bonchev–Trinajstić information content (AvgIpc) is 2.57. The van der Waals surface area contributed by atoms with Crippen LogP contribution in [0.25, 0.3) is 0 Å². The van der Waals surface area contributed by atoms with Crippen molar-refractivity contribution < 1.29 is 9.59 Å². The van der Waals surface area contributed by atoms with Gasteiger partial charge in [0.2, 0.25) is 0 Å². The maximum absolute atomic E-state index is 11.5. The van der Waals surface area contributed by atoms with E-state index >= 15 is 0 Å². The lowest BCUT2D eigenvalue weighted by molar-refractivity contribution is 0.0974. The number of carbonyl (C=O) groups is 2. The fourth-order valence-electron chi connectivity index (χ4n) is 1.76. The number of nitrogens with two attached hydrogens (primary N) is 1. The molecule has 1 aliphatic rings. The Hall–Kier alpha value is -1.67. The summed E-state index contributed by atoms with van der Waals surface area (Å²) in [7, 11) is 0. The third-order valence-corrected chi connectivity index (χ3v) is 3.71. The molecule has 0 atom stereocenters. The Bertz CT molecular complexity index is 496. The summed E-state index contributed by atoms with van der Waals surface area (Å²) < 4.78 is 0. The maximum atomic E-state index is 11.5. The molecule has 0 saturated heterocycles. The molecule has 1 aromatic heterocycles. The maximum Gasteiger partial charge on any atom is 0.260 e. The largest absolute Gasteiger partial charge is 0.365 e. The number of nitrogens with zero attached hydrogens (tertiary/aromatic N) is 1. The van der Waals surface area contributed by atoms with Crippen LogP contribution < -0.4 is 5.73 Å². The minimum atomic E-state index is -0.626. The Labute approximate surface area is 90.3 Å². The number of hydrogen-bond acceptors (Lipinski definition) is 4. The van der Waals surface area contributed by atoms with Crippen LogP contribution in [0.1, 0.15) is 43.3 Å². The van der Waals surface area contributed by atoms with Crippen molar-refractivity contribution in [2.24, 2.45) is 5.73 Å². The first-order valence-corrected chi connectivity index (χ1v) is 5.35. The second kappa shape index (κ2) is 3.48. The summed E-state index contributed by atoms with van der Waals surface area (Å²) in [6.45, 7) is 0. The molecule has 5 heteroatoms. The number of Topliss-reactive ketones (excluding diaryl/α,β-unsaturated/α-hetero) is 1. The number of nitriles is 1. The van der Waals surface area contributed by atoms with Gasteiger partial charge in [0.05, 0.1) is 10.4 Å². The van der Waals surface area contributed by atoms with Crippen molar-refractivity contribution >= 4 is 23.0 Å². The summed E-state index contributed by atoms with van der Waals surface area (Å²) >= 11 is 1.06. The predicted octanol–water partition coefficient (Wildman–Crippen LogP) is 1.24. The molecule has 1 aliphatic carbocycles. The molecule has 0 bridgehead atoms. The summed E-state index contributed by atoms with van der Waals surface area (Å²) in [6, 6.07) is 1.96. The number of fused-ring (bicyclic) bond motifs is 1. The molecule has 1 aromatic rings. The number of amides is 1. The second-order valence-corrected chi connectivity index (χ2v) is 4.39. The number of carbonyl (C=O) groups excluding carboxylic acids is 2. The van der Waals surface area contributed by atoms with Gasteiger partial charge in [-0.3, -0.25) is 9.59 Å². The molecule has 0 fully saturated rings. The molecule has 1 heterocycles. The molecule has 1 amide bonds. The Morgan fingerprint density at radius 3 is 2.80 bits per heavy atom. The van der Waals surface area contributed by atoms with Crippen molar-refractivity contribution in [3.63, 3.8) is 0 Å². The lowest BCUT2D eigenvalue weighted by atomic mass is 9.94. The first-order valence-electron chi connectivity index (χ1n) is 4.54.